The molecule has 0 saturated carbocycles. The Morgan fingerprint density at radius 3 is 2.67 bits per heavy atom. The molecule has 1 aromatic rings. The zero-order chi connectivity index (χ0) is 11.3. The van der Waals surface area contributed by atoms with Gasteiger partial charge in [-0.1, -0.05) is 37.1 Å². The van der Waals surface area contributed by atoms with Crippen LogP contribution in [0.3, 0.4) is 0 Å². The van der Waals surface area contributed by atoms with Crippen LogP contribution in [0.25, 0.3) is 0 Å². The number of nitrogens with one attached hydrogen (secondary N) is 1. The van der Waals surface area contributed by atoms with Gasteiger partial charge in [-0.3, -0.25) is 0 Å². The van der Waals surface area contributed by atoms with Crippen LogP contribution in [0.5, 0.6) is 0 Å². The van der Waals surface area contributed by atoms with Crippen LogP contribution in [-0.4, -0.2) is 6.04 Å². The van der Waals surface area contributed by atoms with Crippen LogP contribution in [0.2, 0.25) is 0 Å². The summed E-state index contributed by atoms with van der Waals surface area (Å²) in [7, 11) is 0. The number of benzene rings is 1. The largest absolute Gasteiger partial charge is 0.310 e. The van der Waals surface area contributed by atoms with Crippen LogP contribution in [-0.2, 0) is 6.54 Å². The lowest BCUT2D eigenvalue weighted by Crippen LogP contribution is -2.25. The molecule has 0 heterocycles. The van der Waals surface area contributed by atoms with Gasteiger partial charge in [0.05, 0.1) is 0 Å². The van der Waals surface area contributed by atoms with Gasteiger partial charge in [-0.2, -0.15) is 0 Å². The Morgan fingerprint density at radius 2 is 2.00 bits per heavy atom. The first-order valence-corrected chi connectivity index (χ1v) is 5.93. The number of aryl methyl sites for hydroxylation is 2. The molecule has 1 rings (SSSR count). The predicted molar refractivity (Wildman–Crippen MR) is 67.1 cm³/mol. The van der Waals surface area contributed by atoms with E-state index in [1.807, 2.05) is 0 Å². The lowest BCUT2D eigenvalue weighted by molar-refractivity contribution is 0.507. The average molecular weight is 205 g/mol. The molecule has 0 saturated heterocycles. The summed E-state index contributed by atoms with van der Waals surface area (Å²) in [5, 5.41) is 3.57. The van der Waals surface area contributed by atoms with Gasteiger partial charge in [0.1, 0.15) is 0 Å². The molecule has 15 heavy (non-hydrogen) atoms. The second kappa shape index (κ2) is 5.92. The molecule has 1 atom stereocenters. The maximum Gasteiger partial charge on any atom is 0.0210 e. The number of hydrogen-bond donors (Lipinski definition) is 1. The number of rotatable bonds is 5. The molecular weight excluding hydrogens is 182 g/mol. The summed E-state index contributed by atoms with van der Waals surface area (Å²) in [5.74, 6) is 0. The summed E-state index contributed by atoms with van der Waals surface area (Å²) < 4.78 is 0. The Hall–Kier alpha value is -0.820. The molecule has 0 aliphatic rings. The van der Waals surface area contributed by atoms with Crippen LogP contribution >= 0.6 is 0 Å². The fraction of sp³-hybridized carbons (Fsp3) is 0.571. The fourth-order valence-electron chi connectivity index (χ4n) is 1.81. The third-order valence-electron chi connectivity index (χ3n) is 2.87. The van der Waals surface area contributed by atoms with E-state index in [-0.39, 0.29) is 0 Å². The first kappa shape index (κ1) is 12.3. The third-order valence-corrected chi connectivity index (χ3v) is 2.87. The molecule has 0 aliphatic heterocycles. The number of hydrogen-bond acceptors (Lipinski definition) is 1. The molecule has 84 valence electrons. The summed E-state index contributed by atoms with van der Waals surface area (Å²) >= 11 is 0. The highest BCUT2D eigenvalue weighted by Gasteiger charge is 2.02. The first-order chi connectivity index (χ1) is 7.13. The van der Waals surface area contributed by atoms with Crippen molar-refractivity contribution in [2.24, 2.45) is 0 Å². The van der Waals surface area contributed by atoms with Gasteiger partial charge < -0.3 is 5.32 Å². The van der Waals surface area contributed by atoms with E-state index in [2.05, 4.69) is 51.2 Å². The molecule has 0 radical (unpaired) electrons. The lowest BCUT2D eigenvalue weighted by atomic mass is 10.1. The second-order valence-corrected chi connectivity index (χ2v) is 4.50. The van der Waals surface area contributed by atoms with E-state index in [4.69, 9.17) is 0 Å². The van der Waals surface area contributed by atoms with Crippen molar-refractivity contribution < 1.29 is 0 Å². The van der Waals surface area contributed by atoms with Crippen molar-refractivity contribution in [1.29, 1.82) is 0 Å². The molecule has 1 unspecified atom stereocenters. The highest BCUT2D eigenvalue weighted by atomic mass is 14.9. The molecule has 0 fully saturated rings. The highest BCUT2D eigenvalue weighted by molar-refractivity contribution is 5.30. The predicted octanol–water partition coefficient (Wildman–Crippen LogP) is 3.58. The van der Waals surface area contributed by atoms with E-state index in [1.54, 1.807) is 0 Å². The quantitative estimate of drug-likeness (QED) is 0.774. The van der Waals surface area contributed by atoms with Crippen LogP contribution in [0, 0.1) is 13.8 Å². The van der Waals surface area contributed by atoms with E-state index in [1.165, 1.54) is 29.5 Å². The van der Waals surface area contributed by atoms with Gasteiger partial charge in [-0.15, -0.1) is 0 Å². The zero-order valence-electron chi connectivity index (χ0n) is 10.4. The van der Waals surface area contributed by atoms with Gasteiger partial charge in [-0.25, -0.2) is 0 Å². The third kappa shape index (κ3) is 4.05. The van der Waals surface area contributed by atoms with Gasteiger partial charge in [0, 0.05) is 12.6 Å². The molecule has 0 spiro atoms. The van der Waals surface area contributed by atoms with Crippen molar-refractivity contribution in [2.75, 3.05) is 0 Å². The SMILES string of the molecule is CCCC(C)NCc1cc(C)ccc1C. The van der Waals surface area contributed by atoms with E-state index < -0.39 is 0 Å². The van der Waals surface area contributed by atoms with Gasteiger partial charge in [0.15, 0.2) is 0 Å². The van der Waals surface area contributed by atoms with E-state index in [0.29, 0.717) is 6.04 Å². The highest BCUT2D eigenvalue weighted by Crippen LogP contribution is 2.10. The molecular formula is C14H23N. The normalized spacial score (nSPS) is 12.8. The monoisotopic (exact) mass is 205 g/mol. The summed E-state index contributed by atoms with van der Waals surface area (Å²) in [5.41, 5.74) is 4.16. The minimum Gasteiger partial charge on any atom is -0.310 e. The topological polar surface area (TPSA) is 12.0 Å². The molecule has 0 amide bonds. The van der Waals surface area contributed by atoms with Crippen molar-refractivity contribution in [2.45, 2.75) is 53.1 Å². The molecule has 1 N–H and O–H groups in total. The second-order valence-electron chi connectivity index (χ2n) is 4.50. The summed E-state index contributed by atoms with van der Waals surface area (Å²) in [6.07, 6.45) is 2.51. The molecule has 1 nitrogen and oxygen atoms in total. The van der Waals surface area contributed by atoms with Crippen LogP contribution < -0.4 is 5.32 Å². The van der Waals surface area contributed by atoms with Gasteiger partial charge in [0.2, 0.25) is 0 Å². The molecule has 1 heteroatoms. The summed E-state index contributed by atoms with van der Waals surface area (Å²) in [4.78, 5) is 0. The van der Waals surface area contributed by atoms with Crippen molar-refractivity contribution in [1.82, 2.24) is 5.32 Å². The van der Waals surface area contributed by atoms with Crippen molar-refractivity contribution in [3.8, 4) is 0 Å². The summed E-state index contributed by atoms with van der Waals surface area (Å²) in [6.45, 7) is 9.82. The maximum atomic E-state index is 3.57. The van der Waals surface area contributed by atoms with Crippen molar-refractivity contribution >= 4 is 0 Å². The lowest BCUT2D eigenvalue weighted by Gasteiger charge is -2.14. The molecule has 0 aliphatic carbocycles. The molecule has 0 bridgehead atoms. The van der Waals surface area contributed by atoms with Crippen LogP contribution in [0.15, 0.2) is 18.2 Å². The van der Waals surface area contributed by atoms with E-state index in [9.17, 15) is 0 Å². The minimum absolute atomic E-state index is 0.620. The Kier molecular flexibility index (Phi) is 4.83. The summed E-state index contributed by atoms with van der Waals surface area (Å²) in [6, 6.07) is 7.28. The Bertz CT molecular complexity index is 304. The maximum absolute atomic E-state index is 3.57. The van der Waals surface area contributed by atoms with Crippen LogP contribution in [0.4, 0.5) is 0 Å². The fourth-order valence-corrected chi connectivity index (χ4v) is 1.81. The first-order valence-electron chi connectivity index (χ1n) is 5.93. The molecule has 1 aromatic carbocycles. The Morgan fingerprint density at radius 1 is 1.27 bits per heavy atom. The van der Waals surface area contributed by atoms with Crippen molar-refractivity contribution in [3.05, 3.63) is 34.9 Å². The minimum atomic E-state index is 0.620. The standard InChI is InChI=1S/C14H23N/c1-5-6-13(4)15-10-14-9-11(2)7-8-12(14)3/h7-9,13,15H,5-6,10H2,1-4H3. The van der Waals surface area contributed by atoms with Gasteiger partial charge >= 0.3 is 0 Å². The van der Waals surface area contributed by atoms with E-state index >= 15 is 0 Å². The zero-order valence-corrected chi connectivity index (χ0v) is 10.4. The van der Waals surface area contributed by atoms with E-state index in [0.717, 1.165) is 6.54 Å². The molecule has 0 aromatic heterocycles. The Balaban J connectivity index is 2.53. The van der Waals surface area contributed by atoms with Crippen molar-refractivity contribution in [3.63, 3.8) is 0 Å². The average Bonchev–Trinajstić information content (AvgIpc) is 2.20. The Labute approximate surface area is 93.9 Å². The van der Waals surface area contributed by atoms with Gasteiger partial charge in [-0.05, 0) is 38.3 Å². The van der Waals surface area contributed by atoms with Crippen LogP contribution in [0.1, 0.15) is 43.4 Å². The van der Waals surface area contributed by atoms with Gasteiger partial charge in [0.25, 0.3) is 0 Å². The smallest absolute Gasteiger partial charge is 0.0210 e.